The van der Waals surface area contributed by atoms with Gasteiger partial charge in [-0.05, 0) is 30.7 Å². The number of thiol groups is 1. The standard InChI is InChI=1S/C19H17NO7S/c1-2-11-25-19(22)16(27-28)12-14-9-6-10-15(17(14)20(23)24)26-18(21)13-7-4-3-5-8-13/h3-10,12,28H,2,11H2,1H3/b16-12-. The minimum atomic E-state index is -0.821. The van der Waals surface area contributed by atoms with Crippen molar-refractivity contribution < 1.29 is 28.2 Å². The minimum Gasteiger partial charge on any atom is -0.460 e. The van der Waals surface area contributed by atoms with E-state index in [-0.39, 0.29) is 29.2 Å². The number of benzene rings is 2. The molecule has 0 fully saturated rings. The number of hydrogen-bond donors (Lipinski definition) is 1. The zero-order chi connectivity index (χ0) is 20.5. The second kappa shape index (κ2) is 10.1. The molecule has 0 aliphatic rings. The van der Waals surface area contributed by atoms with Crippen LogP contribution in [0.2, 0.25) is 0 Å². The van der Waals surface area contributed by atoms with Gasteiger partial charge < -0.3 is 13.7 Å². The summed E-state index contributed by atoms with van der Waals surface area (Å²) in [6.07, 6.45) is 1.69. The third kappa shape index (κ3) is 5.34. The number of carbonyl (C=O) groups is 2. The Balaban J connectivity index is 2.40. The number of para-hydroxylation sites is 1. The van der Waals surface area contributed by atoms with E-state index in [1.54, 1.807) is 18.2 Å². The van der Waals surface area contributed by atoms with E-state index >= 15 is 0 Å². The number of nitro benzene ring substituents is 1. The molecular formula is C19H17NO7S. The maximum atomic E-state index is 12.2. The Hall–Kier alpha value is -3.33. The van der Waals surface area contributed by atoms with Crippen LogP contribution in [0.5, 0.6) is 5.75 Å². The van der Waals surface area contributed by atoms with Gasteiger partial charge in [0, 0.05) is 19.0 Å². The number of nitro groups is 1. The predicted octanol–water partition coefficient (Wildman–Crippen LogP) is 3.97. The van der Waals surface area contributed by atoms with E-state index < -0.39 is 22.5 Å². The number of ether oxygens (including phenoxy) is 2. The number of carbonyl (C=O) groups excluding carboxylic acids is 2. The van der Waals surface area contributed by atoms with Crippen molar-refractivity contribution in [1.29, 1.82) is 0 Å². The summed E-state index contributed by atoms with van der Waals surface area (Å²) in [5, 5.41) is 11.6. The molecule has 0 aliphatic heterocycles. The maximum absolute atomic E-state index is 12.2. The fraction of sp³-hybridized carbons (Fsp3) is 0.158. The van der Waals surface area contributed by atoms with Crippen LogP contribution >= 0.6 is 12.9 Å². The summed E-state index contributed by atoms with van der Waals surface area (Å²) in [4.78, 5) is 35.0. The molecule has 0 N–H and O–H groups in total. The summed E-state index contributed by atoms with van der Waals surface area (Å²) in [6, 6.07) is 12.2. The molecular weight excluding hydrogens is 386 g/mol. The molecule has 0 amide bonds. The first-order valence-electron chi connectivity index (χ1n) is 8.22. The molecule has 0 saturated carbocycles. The smallest absolute Gasteiger partial charge is 0.375 e. The van der Waals surface area contributed by atoms with Crippen molar-refractivity contribution in [2.24, 2.45) is 0 Å². The first kappa shape index (κ1) is 21.0. The van der Waals surface area contributed by atoms with Crippen LogP contribution in [0, 0.1) is 10.1 Å². The zero-order valence-corrected chi connectivity index (χ0v) is 15.8. The fourth-order valence-electron chi connectivity index (χ4n) is 2.20. The van der Waals surface area contributed by atoms with Crippen molar-refractivity contribution in [3.63, 3.8) is 0 Å². The van der Waals surface area contributed by atoms with Crippen LogP contribution < -0.4 is 4.74 Å². The highest BCUT2D eigenvalue weighted by molar-refractivity contribution is 7.75. The molecule has 9 heteroatoms. The normalized spacial score (nSPS) is 10.9. The summed E-state index contributed by atoms with van der Waals surface area (Å²) in [6.45, 7) is 1.97. The molecule has 0 spiro atoms. The Morgan fingerprint density at radius 3 is 2.46 bits per heavy atom. The Morgan fingerprint density at radius 2 is 1.86 bits per heavy atom. The highest BCUT2D eigenvalue weighted by Crippen LogP contribution is 2.33. The highest BCUT2D eigenvalue weighted by atomic mass is 32.1. The molecule has 28 heavy (non-hydrogen) atoms. The molecule has 0 heterocycles. The monoisotopic (exact) mass is 403 g/mol. The Labute approximate surface area is 166 Å². The van der Waals surface area contributed by atoms with Crippen LogP contribution in [0.15, 0.2) is 54.3 Å². The van der Waals surface area contributed by atoms with Crippen molar-refractivity contribution in [1.82, 2.24) is 0 Å². The quantitative estimate of drug-likeness (QED) is 0.104. The summed E-state index contributed by atoms with van der Waals surface area (Å²) in [7, 11) is 0. The van der Waals surface area contributed by atoms with Gasteiger partial charge in [-0.1, -0.05) is 31.2 Å². The number of esters is 2. The third-order valence-corrected chi connectivity index (χ3v) is 3.65. The SMILES string of the molecule is CCCOC(=O)/C(=C/c1cccc(OC(=O)c2ccccc2)c1[N+](=O)[O-])OS. The summed E-state index contributed by atoms with van der Waals surface area (Å²) in [5.74, 6) is -2.19. The molecule has 2 rings (SSSR count). The Kier molecular flexibility index (Phi) is 7.58. The molecule has 0 radical (unpaired) electrons. The van der Waals surface area contributed by atoms with E-state index in [0.717, 1.165) is 6.08 Å². The lowest BCUT2D eigenvalue weighted by Crippen LogP contribution is -2.11. The average Bonchev–Trinajstić information content (AvgIpc) is 2.70. The molecule has 0 bridgehead atoms. The maximum Gasteiger partial charge on any atom is 0.375 e. The third-order valence-electron chi connectivity index (χ3n) is 3.45. The predicted molar refractivity (Wildman–Crippen MR) is 104 cm³/mol. The van der Waals surface area contributed by atoms with Crippen molar-refractivity contribution in [3.05, 3.63) is 75.5 Å². The molecule has 2 aromatic carbocycles. The number of rotatable bonds is 8. The molecule has 0 aromatic heterocycles. The van der Waals surface area contributed by atoms with E-state index in [9.17, 15) is 19.7 Å². The van der Waals surface area contributed by atoms with Gasteiger partial charge in [0.05, 0.1) is 22.7 Å². The van der Waals surface area contributed by atoms with Gasteiger partial charge in [0.2, 0.25) is 11.5 Å². The van der Waals surface area contributed by atoms with Crippen LogP contribution in [0.25, 0.3) is 6.08 Å². The summed E-state index contributed by atoms with van der Waals surface area (Å²) >= 11 is 3.60. The highest BCUT2D eigenvalue weighted by Gasteiger charge is 2.24. The molecule has 2 aromatic rings. The van der Waals surface area contributed by atoms with Crippen molar-refractivity contribution in [2.75, 3.05) is 6.61 Å². The van der Waals surface area contributed by atoms with Gasteiger partial charge in [-0.15, -0.1) is 0 Å². The lowest BCUT2D eigenvalue weighted by Gasteiger charge is -2.08. The molecule has 0 atom stereocenters. The van der Waals surface area contributed by atoms with E-state index in [1.165, 1.54) is 30.3 Å². The molecule has 0 saturated heterocycles. The first-order chi connectivity index (χ1) is 13.5. The van der Waals surface area contributed by atoms with E-state index in [1.807, 2.05) is 6.92 Å². The minimum absolute atomic E-state index is 0.0131. The van der Waals surface area contributed by atoms with Crippen LogP contribution in [-0.2, 0) is 13.7 Å². The number of nitrogens with zero attached hydrogens (tertiary/aromatic N) is 1. The summed E-state index contributed by atoms with van der Waals surface area (Å²) < 4.78 is 14.8. The number of hydrogen-bond acceptors (Lipinski definition) is 8. The van der Waals surface area contributed by atoms with Crippen LogP contribution in [0.1, 0.15) is 29.3 Å². The van der Waals surface area contributed by atoms with Crippen LogP contribution in [0.3, 0.4) is 0 Å². The molecule has 146 valence electrons. The van der Waals surface area contributed by atoms with E-state index in [4.69, 9.17) is 9.47 Å². The van der Waals surface area contributed by atoms with Gasteiger partial charge in [-0.3, -0.25) is 10.1 Å². The van der Waals surface area contributed by atoms with Crippen molar-refractivity contribution in [2.45, 2.75) is 13.3 Å². The summed E-state index contributed by atoms with van der Waals surface area (Å²) in [5.41, 5.74) is -0.279. The van der Waals surface area contributed by atoms with Gasteiger partial charge in [0.1, 0.15) is 0 Å². The van der Waals surface area contributed by atoms with Gasteiger partial charge in [0.15, 0.2) is 0 Å². The van der Waals surface area contributed by atoms with Crippen LogP contribution in [-0.4, -0.2) is 23.5 Å². The average molecular weight is 403 g/mol. The Bertz CT molecular complexity index is 896. The van der Waals surface area contributed by atoms with Gasteiger partial charge in [-0.2, -0.15) is 0 Å². The lowest BCUT2D eigenvalue weighted by molar-refractivity contribution is -0.385. The topological polar surface area (TPSA) is 105 Å². The first-order valence-corrected chi connectivity index (χ1v) is 8.59. The van der Waals surface area contributed by atoms with Crippen LogP contribution in [0.4, 0.5) is 5.69 Å². The largest absolute Gasteiger partial charge is 0.460 e. The second-order valence-electron chi connectivity index (χ2n) is 5.44. The molecule has 0 aliphatic carbocycles. The second-order valence-corrected chi connectivity index (χ2v) is 5.63. The van der Waals surface area contributed by atoms with E-state index in [0.29, 0.717) is 6.42 Å². The fourth-order valence-corrected chi connectivity index (χ4v) is 2.32. The lowest BCUT2D eigenvalue weighted by atomic mass is 10.1. The molecule has 0 unspecified atom stereocenters. The van der Waals surface area contributed by atoms with E-state index in [2.05, 4.69) is 17.1 Å². The Morgan fingerprint density at radius 1 is 1.14 bits per heavy atom. The van der Waals surface area contributed by atoms with Crippen molar-refractivity contribution >= 4 is 36.6 Å². The van der Waals surface area contributed by atoms with Gasteiger partial charge in [-0.25, -0.2) is 9.59 Å². The zero-order valence-electron chi connectivity index (χ0n) is 14.9. The van der Waals surface area contributed by atoms with Gasteiger partial charge in [0.25, 0.3) is 0 Å². The molecule has 8 nitrogen and oxygen atoms in total. The van der Waals surface area contributed by atoms with Gasteiger partial charge >= 0.3 is 17.6 Å². The van der Waals surface area contributed by atoms with Crippen molar-refractivity contribution in [3.8, 4) is 5.75 Å².